The zero-order chi connectivity index (χ0) is 22.7. The number of methoxy groups -OCH3 is 1. The number of urea groups is 1. The molecule has 2 amide bonds. The molecule has 32 heavy (non-hydrogen) atoms. The molecule has 1 aliphatic heterocycles. The van der Waals surface area contributed by atoms with Gasteiger partial charge in [0.05, 0.1) is 12.8 Å². The van der Waals surface area contributed by atoms with E-state index >= 15 is 0 Å². The number of aromatic amines is 1. The van der Waals surface area contributed by atoms with Gasteiger partial charge in [0.1, 0.15) is 11.6 Å². The van der Waals surface area contributed by atoms with Crippen molar-refractivity contribution in [3.05, 3.63) is 51.7 Å². The minimum absolute atomic E-state index is 0.0218. The van der Waals surface area contributed by atoms with Gasteiger partial charge in [0.2, 0.25) is 0 Å². The number of carbonyl (C=O) groups excluding carboxylic acids is 1. The average Bonchev–Trinajstić information content (AvgIpc) is 3.59. The van der Waals surface area contributed by atoms with Gasteiger partial charge in [-0.1, -0.05) is 0 Å². The molecule has 1 atom stereocenters. The molecular formula is C23H28N4O5. The fourth-order valence-corrected chi connectivity index (χ4v) is 4.80. The van der Waals surface area contributed by atoms with Crippen LogP contribution in [-0.4, -0.2) is 52.7 Å². The number of amides is 2. The first-order valence-electron chi connectivity index (χ1n) is 10.9. The molecule has 170 valence electrons. The number of nitrogens with one attached hydrogen (secondary N) is 2. The number of ether oxygens (including phenoxy) is 1. The summed E-state index contributed by atoms with van der Waals surface area (Å²) in [4.78, 5) is 43.7. The van der Waals surface area contributed by atoms with Gasteiger partial charge in [-0.15, -0.1) is 0 Å². The summed E-state index contributed by atoms with van der Waals surface area (Å²) < 4.78 is 5.17. The molecule has 1 aromatic carbocycles. The van der Waals surface area contributed by atoms with E-state index in [9.17, 15) is 9.59 Å². The molecule has 1 unspecified atom stereocenters. The summed E-state index contributed by atoms with van der Waals surface area (Å²) in [5.74, 6) is 2.00. The monoisotopic (exact) mass is 440 g/mol. The lowest BCUT2D eigenvalue weighted by atomic mass is 9.77. The van der Waals surface area contributed by atoms with E-state index in [4.69, 9.17) is 19.6 Å². The summed E-state index contributed by atoms with van der Waals surface area (Å²) in [5.41, 5.74) is 2.35. The Bertz CT molecular complexity index is 1050. The predicted octanol–water partition coefficient (Wildman–Crippen LogP) is 2.87. The lowest BCUT2D eigenvalue weighted by Gasteiger charge is -2.40. The van der Waals surface area contributed by atoms with Crippen LogP contribution in [-0.2, 0) is 16.6 Å². The van der Waals surface area contributed by atoms with Gasteiger partial charge < -0.3 is 25.0 Å². The highest BCUT2D eigenvalue weighted by Crippen LogP contribution is 2.45. The number of carboxylic acid groups (broad SMARTS) is 1. The molecule has 9 heteroatoms. The van der Waals surface area contributed by atoms with E-state index in [1.165, 1.54) is 0 Å². The Morgan fingerprint density at radius 2 is 2.03 bits per heavy atom. The van der Waals surface area contributed by atoms with Crippen molar-refractivity contribution < 1.29 is 19.4 Å². The number of piperidine rings is 1. The molecule has 5 rings (SSSR count). The number of hydrogen-bond donors (Lipinski definition) is 3. The Labute approximate surface area is 185 Å². The van der Waals surface area contributed by atoms with Gasteiger partial charge in [0.25, 0.3) is 12.0 Å². The van der Waals surface area contributed by atoms with Crippen LogP contribution in [0.15, 0.2) is 29.1 Å². The average molecular weight is 441 g/mol. The third-order valence-electron chi connectivity index (χ3n) is 6.56. The number of carbonyl (C=O) groups is 2. The predicted molar refractivity (Wildman–Crippen MR) is 118 cm³/mol. The number of fused-ring (bicyclic) bond motifs is 2. The fourth-order valence-electron chi connectivity index (χ4n) is 4.80. The molecule has 1 saturated heterocycles. The van der Waals surface area contributed by atoms with Crippen LogP contribution in [0.4, 0.5) is 10.5 Å². The summed E-state index contributed by atoms with van der Waals surface area (Å²) in [6, 6.07) is 7.23. The fraction of sp³-hybridized carbons (Fsp3) is 0.478. The zero-order valence-electron chi connectivity index (χ0n) is 18.1. The van der Waals surface area contributed by atoms with Crippen molar-refractivity contribution in [2.45, 2.75) is 49.9 Å². The Morgan fingerprint density at radius 1 is 1.31 bits per heavy atom. The SMILES string of the molecule is COc1ccc(NC(=O)N2CCCC3(CCc4c3nc(C3CC3)[nH]c4=O)C2)cc1.O=CO. The van der Waals surface area contributed by atoms with E-state index in [2.05, 4.69) is 10.3 Å². The minimum Gasteiger partial charge on any atom is -0.497 e. The molecular weight excluding hydrogens is 412 g/mol. The highest BCUT2D eigenvalue weighted by molar-refractivity contribution is 5.89. The topological polar surface area (TPSA) is 125 Å². The second kappa shape index (κ2) is 9.02. The summed E-state index contributed by atoms with van der Waals surface area (Å²) in [6.07, 6.45) is 5.74. The molecule has 1 spiro atoms. The van der Waals surface area contributed by atoms with Crippen LogP contribution < -0.4 is 15.6 Å². The first kappa shape index (κ1) is 21.9. The van der Waals surface area contributed by atoms with E-state index in [0.717, 1.165) is 73.6 Å². The number of anilines is 1. The molecule has 3 N–H and O–H groups in total. The van der Waals surface area contributed by atoms with Crippen molar-refractivity contribution in [1.29, 1.82) is 0 Å². The van der Waals surface area contributed by atoms with Crippen molar-refractivity contribution in [2.75, 3.05) is 25.5 Å². The van der Waals surface area contributed by atoms with Crippen molar-refractivity contribution in [2.24, 2.45) is 0 Å². The third-order valence-corrected chi connectivity index (χ3v) is 6.56. The number of H-pyrrole nitrogens is 1. The molecule has 1 saturated carbocycles. The van der Waals surface area contributed by atoms with E-state index < -0.39 is 0 Å². The highest BCUT2D eigenvalue weighted by Gasteiger charge is 2.46. The van der Waals surface area contributed by atoms with Gasteiger partial charge in [-0.3, -0.25) is 9.59 Å². The number of hydrogen-bond acceptors (Lipinski definition) is 5. The highest BCUT2D eigenvalue weighted by atomic mass is 16.5. The Morgan fingerprint density at radius 3 is 2.69 bits per heavy atom. The van der Waals surface area contributed by atoms with Crippen LogP contribution in [0.3, 0.4) is 0 Å². The number of nitrogens with zero attached hydrogens (tertiary/aromatic N) is 2. The van der Waals surface area contributed by atoms with Gasteiger partial charge in [0, 0.05) is 35.7 Å². The number of benzene rings is 1. The van der Waals surface area contributed by atoms with Crippen LogP contribution >= 0.6 is 0 Å². The van der Waals surface area contributed by atoms with E-state index in [0.29, 0.717) is 12.5 Å². The van der Waals surface area contributed by atoms with Crippen LogP contribution in [0.2, 0.25) is 0 Å². The van der Waals surface area contributed by atoms with E-state index in [1.807, 2.05) is 29.2 Å². The maximum absolute atomic E-state index is 12.9. The quantitative estimate of drug-likeness (QED) is 0.631. The second-order valence-electron chi connectivity index (χ2n) is 8.62. The van der Waals surface area contributed by atoms with Crippen molar-refractivity contribution in [1.82, 2.24) is 14.9 Å². The van der Waals surface area contributed by atoms with Gasteiger partial charge in [-0.25, -0.2) is 9.78 Å². The van der Waals surface area contributed by atoms with Crippen LogP contribution in [0.5, 0.6) is 5.75 Å². The first-order valence-corrected chi connectivity index (χ1v) is 10.9. The molecule has 2 heterocycles. The molecule has 2 fully saturated rings. The Hall–Kier alpha value is -3.36. The van der Waals surface area contributed by atoms with Crippen LogP contribution in [0.1, 0.15) is 55.1 Å². The third kappa shape index (κ3) is 4.32. The van der Waals surface area contributed by atoms with Crippen molar-refractivity contribution in [3.63, 3.8) is 0 Å². The van der Waals surface area contributed by atoms with Crippen molar-refractivity contribution in [3.8, 4) is 5.75 Å². The largest absolute Gasteiger partial charge is 0.497 e. The molecule has 2 aliphatic carbocycles. The van der Waals surface area contributed by atoms with Crippen LogP contribution in [0, 0.1) is 0 Å². The Balaban J connectivity index is 0.000000775. The maximum atomic E-state index is 12.9. The molecule has 2 aromatic rings. The number of rotatable bonds is 3. The number of aromatic nitrogens is 2. The zero-order valence-corrected chi connectivity index (χ0v) is 18.1. The lowest BCUT2D eigenvalue weighted by Crippen LogP contribution is -2.49. The van der Waals surface area contributed by atoms with E-state index in [1.54, 1.807) is 7.11 Å². The Kier molecular flexibility index (Phi) is 6.16. The molecule has 9 nitrogen and oxygen atoms in total. The van der Waals surface area contributed by atoms with Gasteiger partial charge in [0.15, 0.2) is 0 Å². The minimum atomic E-state index is -0.250. The van der Waals surface area contributed by atoms with Gasteiger partial charge >= 0.3 is 6.03 Å². The summed E-state index contributed by atoms with van der Waals surface area (Å²) in [7, 11) is 1.62. The summed E-state index contributed by atoms with van der Waals surface area (Å²) in [6.45, 7) is 1.08. The number of likely N-dealkylation sites (tertiary alicyclic amines) is 1. The molecule has 0 radical (unpaired) electrons. The molecule has 0 bridgehead atoms. The van der Waals surface area contributed by atoms with Gasteiger partial charge in [-0.05, 0) is 62.8 Å². The van der Waals surface area contributed by atoms with E-state index in [-0.39, 0.29) is 23.5 Å². The van der Waals surface area contributed by atoms with Crippen LogP contribution in [0.25, 0.3) is 0 Å². The van der Waals surface area contributed by atoms with Gasteiger partial charge in [-0.2, -0.15) is 0 Å². The normalized spacial score (nSPS) is 21.3. The van der Waals surface area contributed by atoms with Crippen molar-refractivity contribution >= 4 is 18.2 Å². The lowest BCUT2D eigenvalue weighted by molar-refractivity contribution is -0.122. The first-order chi connectivity index (χ1) is 15.5. The maximum Gasteiger partial charge on any atom is 0.321 e. The second-order valence-corrected chi connectivity index (χ2v) is 8.62. The smallest absolute Gasteiger partial charge is 0.321 e. The molecule has 1 aromatic heterocycles. The standard InChI is InChI=1S/C22H26N4O3.CH2O2/c1-29-16-7-5-15(6-8-16)23-21(28)26-12-2-10-22(13-26)11-9-17-18(22)24-19(14-3-4-14)25-20(17)27;2-1-3/h5-8,14H,2-4,9-13H2,1H3,(H,23,28)(H,24,25,27);1H,(H,2,3). The molecule has 3 aliphatic rings. The summed E-state index contributed by atoms with van der Waals surface area (Å²) in [5, 5.41) is 9.88. The summed E-state index contributed by atoms with van der Waals surface area (Å²) >= 11 is 0.